The van der Waals surface area contributed by atoms with Crippen molar-refractivity contribution in [1.29, 1.82) is 0 Å². The van der Waals surface area contributed by atoms with Gasteiger partial charge in [-0.15, -0.1) is 0 Å². The number of thioether (sulfide) groups is 1. The van der Waals surface area contributed by atoms with Gasteiger partial charge in [0.05, 0.1) is 22.3 Å². The molecule has 1 N–H and O–H groups in total. The van der Waals surface area contributed by atoms with Crippen molar-refractivity contribution in [2.75, 3.05) is 11.1 Å². The van der Waals surface area contributed by atoms with Gasteiger partial charge in [0.25, 0.3) is 0 Å². The molecule has 1 amide bonds. The molecule has 0 aliphatic carbocycles. The summed E-state index contributed by atoms with van der Waals surface area (Å²) in [5.74, 6) is 0.901. The van der Waals surface area contributed by atoms with Gasteiger partial charge in [-0.1, -0.05) is 36.0 Å². The number of rotatable bonds is 6. The van der Waals surface area contributed by atoms with Crippen LogP contribution in [0.5, 0.6) is 0 Å². The van der Waals surface area contributed by atoms with Crippen molar-refractivity contribution in [3.63, 3.8) is 0 Å². The number of benzene rings is 2. The molecule has 156 valence electrons. The van der Waals surface area contributed by atoms with Gasteiger partial charge < -0.3 is 9.88 Å². The van der Waals surface area contributed by atoms with E-state index in [1.165, 1.54) is 0 Å². The molecule has 0 radical (unpaired) electrons. The molecule has 0 unspecified atom stereocenters. The summed E-state index contributed by atoms with van der Waals surface area (Å²) in [6, 6.07) is 14.1. The van der Waals surface area contributed by atoms with Crippen molar-refractivity contribution in [3.05, 3.63) is 60.3 Å². The van der Waals surface area contributed by atoms with Crippen molar-refractivity contribution in [2.24, 2.45) is 0 Å². The zero-order chi connectivity index (χ0) is 21.3. The van der Waals surface area contributed by atoms with Crippen LogP contribution >= 0.6 is 11.8 Å². The van der Waals surface area contributed by atoms with Gasteiger partial charge >= 0.3 is 0 Å². The van der Waals surface area contributed by atoms with Gasteiger partial charge in [-0.2, -0.15) is 0 Å². The summed E-state index contributed by atoms with van der Waals surface area (Å²) >= 11 is 1.75. The summed E-state index contributed by atoms with van der Waals surface area (Å²) < 4.78 is 26.6. The molecule has 0 fully saturated rings. The van der Waals surface area contributed by atoms with Crippen molar-refractivity contribution in [3.8, 4) is 11.3 Å². The fourth-order valence-corrected chi connectivity index (χ4v) is 5.27. The largest absolute Gasteiger partial charge is 0.326 e. The predicted octanol–water partition coefficient (Wildman–Crippen LogP) is 4.02. The van der Waals surface area contributed by atoms with Gasteiger partial charge in [-0.05, 0) is 43.7 Å². The third-order valence-corrected chi connectivity index (χ3v) is 8.12. The molecule has 0 saturated heterocycles. The second-order valence-corrected chi connectivity index (χ2v) is 11.1. The maximum absolute atomic E-state index is 12.5. The highest BCUT2D eigenvalue weighted by molar-refractivity contribution is 7.99. The zero-order valence-corrected chi connectivity index (χ0v) is 18.5. The Morgan fingerprint density at radius 2 is 1.97 bits per heavy atom. The number of nitrogens with one attached hydrogen (secondary N) is 1. The number of amides is 1. The fraction of sp³-hybridized carbons (Fsp3) is 0.273. The lowest BCUT2D eigenvalue weighted by Crippen LogP contribution is -2.15. The van der Waals surface area contributed by atoms with E-state index < -0.39 is 15.1 Å². The van der Waals surface area contributed by atoms with Crippen LogP contribution in [0.15, 0.2) is 64.8 Å². The molecule has 6 nitrogen and oxygen atoms in total. The minimum atomic E-state index is -3.31. The summed E-state index contributed by atoms with van der Waals surface area (Å²) in [4.78, 5) is 17.4. The lowest BCUT2D eigenvalue weighted by molar-refractivity contribution is -0.115. The van der Waals surface area contributed by atoms with Crippen LogP contribution in [0.25, 0.3) is 11.3 Å². The third kappa shape index (κ3) is 4.29. The summed E-state index contributed by atoms with van der Waals surface area (Å²) in [5.41, 5.74) is 3.32. The number of fused-ring (bicyclic) bond motifs is 1. The molecule has 2 aromatic carbocycles. The topological polar surface area (TPSA) is 81.1 Å². The first-order valence-electron chi connectivity index (χ1n) is 9.76. The average Bonchev–Trinajstić information content (AvgIpc) is 3.30. The van der Waals surface area contributed by atoms with Crippen LogP contribution in [0.2, 0.25) is 0 Å². The molecular weight excluding hydrogens is 418 g/mol. The van der Waals surface area contributed by atoms with Crippen molar-refractivity contribution >= 4 is 33.2 Å². The Labute approximate surface area is 180 Å². The van der Waals surface area contributed by atoms with Crippen LogP contribution in [0.4, 0.5) is 5.69 Å². The van der Waals surface area contributed by atoms with Gasteiger partial charge in [0, 0.05) is 29.7 Å². The van der Waals surface area contributed by atoms with E-state index in [1.807, 2.05) is 30.5 Å². The summed E-state index contributed by atoms with van der Waals surface area (Å²) in [6.07, 6.45) is 2.21. The first-order valence-corrected chi connectivity index (χ1v) is 12.3. The first-order chi connectivity index (χ1) is 14.3. The van der Waals surface area contributed by atoms with Gasteiger partial charge in [0.15, 0.2) is 15.0 Å². The number of aromatic nitrogens is 2. The van der Waals surface area contributed by atoms with Crippen LogP contribution < -0.4 is 5.32 Å². The molecule has 8 heteroatoms. The molecule has 3 aromatic rings. The summed E-state index contributed by atoms with van der Waals surface area (Å²) in [6.45, 7) is 4.28. The number of hydrogen-bond acceptors (Lipinski definition) is 5. The number of anilines is 1. The van der Waals surface area contributed by atoms with E-state index in [-0.39, 0.29) is 17.2 Å². The number of hydrogen-bond donors (Lipinski definition) is 1. The van der Waals surface area contributed by atoms with E-state index in [2.05, 4.69) is 14.9 Å². The Hall–Kier alpha value is -2.58. The molecule has 0 saturated carbocycles. The lowest BCUT2D eigenvalue weighted by atomic mass is 10.1. The van der Waals surface area contributed by atoms with Crippen LogP contribution in [0, 0.1) is 0 Å². The normalized spacial score (nSPS) is 13.4. The Balaban J connectivity index is 1.43. The van der Waals surface area contributed by atoms with Crippen molar-refractivity contribution in [1.82, 2.24) is 9.55 Å². The van der Waals surface area contributed by atoms with E-state index in [4.69, 9.17) is 0 Å². The minimum absolute atomic E-state index is 0.158. The van der Waals surface area contributed by atoms with E-state index >= 15 is 0 Å². The number of carbonyl (C=O) groups is 1. The first kappa shape index (κ1) is 20.7. The maximum Gasteiger partial charge on any atom is 0.228 e. The maximum atomic E-state index is 12.5. The second-order valence-electron chi connectivity index (χ2n) is 7.49. The van der Waals surface area contributed by atoms with E-state index in [1.54, 1.807) is 49.9 Å². The molecule has 2 heterocycles. The number of carbonyl (C=O) groups excluding carboxylic acids is 1. The number of sulfone groups is 1. The third-order valence-electron chi connectivity index (χ3n) is 4.98. The van der Waals surface area contributed by atoms with E-state index in [0.717, 1.165) is 34.3 Å². The molecule has 0 bridgehead atoms. The highest BCUT2D eigenvalue weighted by atomic mass is 32.2. The zero-order valence-electron chi connectivity index (χ0n) is 16.8. The standard InChI is InChI=1S/C22H23N3O3S2/c1-15(2)30(27,28)19-8-6-16(7-9-19)12-21(26)23-18-5-3-4-17(13-18)20-14-25-10-11-29-22(25)24-20/h3-9,13-15H,10-12H2,1-2H3,(H,23,26). The van der Waals surface area contributed by atoms with Crippen LogP contribution in [0.1, 0.15) is 19.4 Å². The smallest absolute Gasteiger partial charge is 0.228 e. The van der Waals surface area contributed by atoms with Gasteiger partial charge in [0.1, 0.15) is 0 Å². The average molecular weight is 442 g/mol. The molecule has 0 atom stereocenters. The number of nitrogens with zero attached hydrogens (tertiary/aromatic N) is 2. The molecule has 4 rings (SSSR count). The van der Waals surface area contributed by atoms with Gasteiger partial charge in [-0.25, -0.2) is 13.4 Å². The predicted molar refractivity (Wildman–Crippen MR) is 119 cm³/mol. The van der Waals surface area contributed by atoms with Crippen LogP contribution in [0.3, 0.4) is 0 Å². The summed E-state index contributed by atoms with van der Waals surface area (Å²) in [7, 11) is -3.31. The van der Waals surface area contributed by atoms with Crippen molar-refractivity contribution in [2.45, 2.75) is 42.1 Å². The van der Waals surface area contributed by atoms with Gasteiger partial charge in [-0.3, -0.25) is 4.79 Å². The molecule has 0 spiro atoms. The molecule has 30 heavy (non-hydrogen) atoms. The van der Waals surface area contributed by atoms with Gasteiger partial charge in [0.2, 0.25) is 5.91 Å². The highest BCUT2D eigenvalue weighted by Crippen LogP contribution is 2.30. The quantitative estimate of drug-likeness (QED) is 0.625. The Bertz CT molecular complexity index is 1160. The molecule has 1 aromatic heterocycles. The Morgan fingerprint density at radius 3 is 2.67 bits per heavy atom. The van der Waals surface area contributed by atoms with Crippen molar-refractivity contribution < 1.29 is 13.2 Å². The Kier molecular flexibility index (Phi) is 5.71. The Morgan fingerprint density at radius 1 is 1.20 bits per heavy atom. The second kappa shape index (κ2) is 8.28. The summed E-state index contributed by atoms with van der Waals surface area (Å²) in [5, 5.41) is 3.47. The van der Waals surface area contributed by atoms with E-state index in [9.17, 15) is 13.2 Å². The minimum Gasteiger partial charge on any atom is -0.326 e. The fourth-order valence-electron chi connectivity index (χ4n) is 3.26. The SMILES string of the molecule is CC(C)S(=O)(=O)c1ccc(CC(=O)Nc2cccc(-c3cn4c(n3)SCC4)c2)cc1. The van der Waals surface area contributed by atoms with E-state index in [0.29, 0.717) is 5.69 Å². The number of imidazole rings is 1. The molecule has 1 aliphatic heterocycles. The van der Waals surface area contributed by atoms with Crippen LogP contribution in [-0.4, -0.2) is 34.9 Å². The lowest BCUT2D eigenvalue weighted by Gasteiger charge is -2.09. The van der Waals surface area contributed by atoms with Crippen LogP contribution in [-0.2, 0) is 27.6 Å². The highest BCUT2D eigenvalue weighted by Gasteiger charge is 2.19. The molecular formula is C22H23N3O3S2. The monoisotopic (exact) mass is 441 g/mol. The number of aryl methyl sites for hydroxylation is 1. The molecule has 1 aliphatic rings.